The summed E-state index contributed by atoms with van der Waals surface area (Å²) in [5.74, 6) is 1.43. The highest BCUT2D eigenvalue weighted by molar-refractivity contribution is 14.1. The van der Waals surface area contributed by atoms with Gasteiger partial charge >= 0.3 is 0 Å². The van der Waals surface area contributed by atoms with E-state index in [1.54, 1.807) is 0 Å². The third-order valence-electron chi connectivity index (χ3n) is 3.02. The predicted molar refractivity (Wildman–Crippen MR) is 95.3 cm³/mol. The minimum Gasteiger partial charge on any atom is -0.454 e. The second-order valence-corrected chi connectivity index (χ2v) is 6.42. The molecule has 3 aromatic rings. The van der Waals surface area contributed by atoms with Gasteiger partial charge in [-0.05, 0) is 73.6 Å². The highest BCUT2D eigenvalue weighted by Gasteiger charge is 2.09. The first kappa shape index (κ1) is 13.7. The van der Waals surface area contributed by atoms with Gasteiger partial charge < -0.3 is 10.5 Å². The molecule has 0 saturated carbocycles. The molecule has 0 saturated heterocycles. The summed E-state index contributed by atoms with van der Waals surface area (Å²) in [6, 6.07) is 17.9. The van der Waals surface area contributed by atoms with Crippen LogP contribution in [-0.2, 0) is 0 Å². The maximum Gasteiger partial charge on any atom is 0.150 e. The molecule has 0 radical (unpaired) electrons. The van der Waals surface area contributed by atoms with E-state index in [9.17, 15) is 0 Å². The van der Waals surface area contributed by atoms with Crippen molar-refractivity contribution in [3.63, 3.8) is 0 Å². The van der Waals surface area contributed by atoms with Crippen LogP contribution in [0.15, 0.2) is 59.1 Å². The molecule has 0 aliphatic carbocycles. The van der Waals surface area contributed by atoms with Crippen LogP contribution in [0.25, 0.3) is 10.8 Å². The number of anilines is 1. The monoisotopic (exact) mass is 439 g/mol. The van der Waals surface area contributed by atoms with E-state index in [0.717, 1.165) is 19.2 Å². The molecule has 0 aliphatic heterocycles. The molecule has 0 heterocycles. The average molecular weight is 440 g/mol. The van der Waals surface area contributed by atoms with Gasteiger partial charge in [0.2, 0.25) is 0 Å². The van der Waals surface area contributed by atoms with Crippen LogP contribution in [0.1, 0.15) is 0 Å². The second-order valence-electron chi connectivity index (χ2n) is 4.38. The van der Waals surface area contributed by atoms with E-state index in [2.05, 4.69) is 50.7 Å². The molecule has 3 rings (SSSR count). The molecule has 0 atom stereocenters. The summed E-state index contributed by atoms with van der Waals surface area (Å²) in [7, 11) is 0. The lowest BCUT2D eigenvalue weighted by Gasteiger charge is -2.12. The summed E-state index contributed by atoms with van der Waals surface area (Å²) in [6.45, 7) is 0. The van der Waals surface area contributed by atoms with Crippen molar-refractivity contribution in [2.45, 2.75) is 0 Å². The summed E-state index contributed by atoms with van der Waals surface area (Å²) in [5.41, 5.74) is 6.62. The van der Waals surface area contributed by atoms with Crippen molar-refractivity contribution in [2.75, 3.05) is 5.73 Å². The normalized spacial score (nSPS) is 10.7. The highest BCUT2D eigenvalue weighted by Crippen LogP contribution is 2.37. The molecule has 0 aromatic heterocycles. The number of rotatable bonds is 2. The number of ether oxygens (including phenoxy) is 1. The molecule has 0 aliphatic rings. The van der Waals surface area contributed by atoms with E-state index < -0.39 is 0 Å². The molecular formula is C16H11BrINO. The van der Waals surface area contributed by atoms with Crippen molar-refractivity contribution in [1.82, 2.24) is 0 Å². The predicted octanol–water partition coefficient (Wildman–Crippen LogP) is 5.58. The molecule has 2 N–H and O–H groups in total. The van der Waals surface area contributed by atoms with E-state index >= 15 is 0 Å². The Bertz CT molecular complexity index is 789. The van der Waals surface area contributed by atoms with Gasteiger partial charge in [-0.2, -0.15) is 0 Å². The Labute approximate surface area is 139 Å². The first-order valence-corrected chi connectivity index (χ1v) is 7.92. The summed E-state index contributed by atoms with van der Waals surface area (Å²) in [4.78, 5) is 0. The van der Waals surface area contributed by atoms with Crippen LogP contribution in [0.4, 0.5) is 5.69 Å². The molecule has 2 nitrogen and oxygen atoms in total. The summed E-state index contributed by atoms with van der Waals surface area (Å²) < 4.78 is 7.95. The van der Waals surface area contributed by atoms with Crippen molar-refractivity contribution in [3.05, 3.63) is 62.6 Å². The van der Waals surface area contributed by atoms with Crippen LogP contribution in [0.3, 0.4) is 0 Å². The fraction of sp³-hybridized carbons (Fsp3) is 0. The fourth-order valence-electron chi connectivity index (χ4n) is 2.02. The van der Waals surface area contributed by atoms with Crippen molar-refractivity contribution >= 4 is 55.0 Å². The molecule has 100 valence electrons. The zero-order valence-corrected chi connectivity index (χ0v) is 14.2. The van der Waals surface area contributed by atoms with Crippen molar-refractivity contribution in [3.8, 4) is 11.5 Å². The lowest BCUT2D eigenvalue weighted by Crippen LogP contribution is -1.93. The van der Waals surface area contributed by atoms with Crippen molar-refractivity contribution < 1.29 is 4.74 Å². The number of benzene rings is 3. The maximum absolute atomic E-state index is 5.99. The molecule has 0 amide bonds. The Morgan fingerprint density at radius 1 is 0.950 bits per heavy atom. The number of halogens is 2. The second kappa shape index (κ2) is 5.61. The Balaban J connectivity index is 2.04. The highest BCUT2D eigenvalue weighted by atomic mass is 127. The van der Waals surface area contributed by atoms with Gasteiger partial charge in [0.05, 0.1) is 10.2 Å². The quantitative estimate of drug-likeness (QED) is 0.417. The molecular weight excluding hydrogens is 429 g/mol. The molecule has 0 bridgehead atoms. The number of hydrogen-bond acceptors (Lipinski definition) is 2. The van der Waals surface area contributed by atoms with Crippen LogP contribution in [0.5, 0.6) is 11.5 Å². The third-order valence-corrected chi connectivity index (χ3v) is 4.51. The maximum atomic E-state index is 5.99. The number of hydrogen-bond donors (Lipinski definition) is 1. The zero-order valence-electron chi connectivity index (χ0n) is 10.4. The summed E-state index contributed by atoms with van der Waals surface area (Å²) in [5, 5.41) is 2.29. The van der Waals surface area contributed by atoms with Crippen LogP contribution in [0.2, 0.25) is 0 Å². The van der Waals surface area contributed by atoms with Crippen molar-refractivity contribution in [1.29, 1.82) is 0 Å². The number of nitrogen functional groups attached to an aromatic ring is 1. The molecule has 0 unspecified atom stereocenters. The first-order valence-electron chi connectivity index (χ1n) is 6.05. The minimum atomic E-state index is 0.636. The molecule has 0 spiro atoms. The smallest absolute Gasteiger partial charge is 0.150 e. The van der Waals surface area contributed by atoms with E-state index in [0.29, 0.717) is 11.4 Å². The average Bonchev–Trinajstić information content (AvgIpc) is 2.45. The van der Waals surface area contributed by atoms with E-state index in [-0.39, 0.29) is 0 Å². The number of fused-ring (bicyclic) bond motifs is 1. The minimum absolute atomic E-state index is 0.636. The Kier molecular flexibility index (Phi) is 3.85. The van der Waals surface area contributed by atoms with Gasteiger partial charge in [-0.1, -0.05) is 30.3 Å². The van der Waals surface area contributed by atoms with Crippen LogP contribution < -0.4 is 10.5 Å². The SMILES string of the molecule is Nc1cc(I)ccc1Oc1ccc2ccccc2c1Br. The molecule has 0 fully saturated rings. The fourth-order valence-corrected chi connectivity index (χ4v) is 3.11. The van der Waals surface area contributed by atoms with Crippen LogP contribution in [-0.4, -0.2) is 0 Å². The van der Waals surface area contributed by atoms with Gasteiger partial charge in [-0.25, -0.2) is 0 Å². The first-order chi connectivity index (χ1) is 9.65. The van der Waals surface area contributed by atoms with Gasteiger partial charge in [0.25, 0.3) is 0 Å². The van der Waals surface area contributed by atoms with Gasteiger partial charge in [-0.15, -0.1) is 0 Å². The third kappa shape index (κ3) is 2.62. The Morgan fingerprint density at radius 2 is 1.70 bits per heavy atom. The standard InChI is InChI=1S/C16H11BrINO/c17-16-12-4-2-1-3-10(12)5-7-15(16)20-14-8-6-11(18)9-13(14)19/h1-9H,19H2. The lowest BCUT2D eigenvalue weighted by molar-refractivity contribution is 0.483. The Morgan fingerprint density at radius 3 is 2.50 bits per heavy atom. The van der Waals surface area contributed by atoms with Crippen LogP contribution in [0, 0.1) is 3.57 Å². The van der Waals surface area contributed by atoms with Crippen LogP contribution >= 0.6 is 38.5 Å². The van der Waals surface area contributed by atoms with E-state index in [1.165, 1.54) is 5.39 Å². The van der Waals surface area contributed by atoms with Gasteiger partial charge in [0.15, 0.2) is 0 Å². The Hall–Kier alpha value is -1.27. The van der Waals surface area contributed by atoms with Gasteiger partial charge in [0.1, 0.15) is 11.5 Å². The largest absolute Gasteiger partial charge is 0.454 e. The van der Waals surface area contributed by atoms with E-state index in [4.69, 9.17) is 10.5 Å². The number of nitrogens with two attached hydrogens (primary N) is 1. The molecule has 3 aromatic carbocycles. The van der Waals surface area contributed by atoms with Gasteiger partial charge in [-0.3, -0.25) is 0 Å². The van der Waals surface area contributed by atoms with E-state index in [1.807, 2.05) is 42.5 Å². The lowest BCUT2D eigenvalue weighted by atomic mass is 10.1. The van der Waals surface area contributed by atoms with Gasteiger partial charge in [0, 0.05) is 3.57 Å². The summed E-state index contributed by atoms with van der Waals surface area (Å²) in [6.07, 6.45) is 0. The topological polar surface area (TPSA) is 35.2 Å². The summed E-state index contributed by atoms with van der Waals surface area (Å²) >= 11 is 5.84. The zero-order chi connectivity index (χ0) is 14.1. The van der Waals surface area contributed by atoms with Crippen molar-refractivity contribution in [2.24, 2.45) is 0 Å². The molecule has 4 heteroatoms. The molecule has 20 heavy (non-hydrogen) atoms.